The van der Waals surface area contributed by atoms with Gasteiger partial charge in [0.25, 0.3) is 0 Å². The third-order valence-electron chi connectivity index (χ3n) is 8.32. The number of benzene rings is 4. The summed E-state index contributed by atoms with van der Waals surface area (Å²) in [6.07, 6.45) is 5.55. The van der Waals surface area contributed by atoms with E-state index in [0.29, 0.717) is 7.25 Å². The molecule has 0 saturated carbocycles. The maximum Gasteiger partial charge on any atom is -1.00 e. The fraction of sp³-hybridized carbons (Fsp3) is 0.171. The van der Waals surface area contributed by atoms with Crippen LogP contribution in [0.1, 0.15) is 54.5 Å². The van der Waals surface area contributed by atoms with Crippen LogP contribution in [0.3, 0.4) is 0 Å². The Morgan fingerprint density at radius 1 is 0.550 bits per heavy atom. The molecule has 6 rings (SSSR count). The van der Waals surface area contributed by atoms with Gasteiger partial charge in [0.05, 0.1) is 0 Å². The SMILES string of the molecule is C[C](C)=[Zr+2]([CH]1C=C([SiH2]Cc2ccccc2)c2ccccc21)[CH]1C=C([SiH2]Cc2ccccc2)c2ccccc21.[Cl-].[Cl-]. The standard InChI is InChI=1S/2C16H15Si.C3H6.2ClH.Zr/c2*1-2-6-13(7-3-1)12-17-16-11-10-14-8-4-5-9-15(14)16;1-3-2;;;/h2*1-11H,12,17H2;1-2H3;2*1H;/q;;;;;+2/p-2. The van der Waals surface area contributed by atoms with E-state index in [1.165, 1.54) is 23.2 Å². The van der Waals surface area contributed by atoms with Gasteiger partial charge in [-0.05, 0) is 0 Å². The molecule has 0 spiro atoms. The zero-order valence-electron chi connectivity index (χ0n) is 23.3. The number of halogens is 2. The van der Waals surface area contributed by atoms with Crippen molar-refractivity contribution in [2.24, 2.45) is 0 Å². The normalized spacial score (nSPS) is 16.9. The van der Waals surface area contributed by atoms with Crippen LogP contribution in [0.2, 0.25) is 0 Å². The van der Waals surface area contributed by atoms with E-state index in [4.69, 9.17) is 0 Å². The topological polar surface area (TPSA) is 0 Å². The molecule has 0 fully saturated rings. The average Bonchev–Trinajstić information content (AvgIpc) is 3.51. The van der Waals surface area contributed by atoms with Gasteiger partial charge in [0.1, 0.15) is 0 Å². The summed E-state index contributed by atoms with van der Waals surface area (Å²) in [7, 11) is -0.723. The third kappa shape index (κ3) is 6.61. The third-order valence-corrected chi connectivity index (χ3v) is 20.8. The van der Waals surface area contributed by atoms with E-state index < -0.39 is 21.3 Å². The average molecular weight is 675 g/mol. The molecule has 2 aliphatic rings. The molecule has 2 atom stereocenters. The van der Waals surface area contributed by atoms with Gasteiger partial charge in [-0.2, -0.15) is 0 Å². The Morgan fingerprint density at radius 3 is 1.32 bits per heavy atom. The Kier molecular flexibility index (Phi) is 11.1. The predicted octanol–water partition coefficient (Wildman–Crippen LogP) is 0.754. The summed E-state index contributed by atoms with van der Waals surface area (Å²) < 4.78 is 3.05. The monoisotopic (exact) mass is 672 g/mol. The van der Waals surface area contributed by atoms with Crippen LogP contribution in [0.4, 0.5) is 0 Å². The van der Waals surface area contributed by atoms with Gasteiger partial charge in [0, 0.05) is 0 Å². The second-order valence-electron chi connectivity index (χ2n) is 10.9. The minimum atomic E-state index is -2.12. The number of rotatable bonds is 8. The van der Waals surface area contributed by atoms with Crippen molar-refractivity contribution in [3.63, 3.8) is 0 Å². The molecule has 4 aromatic rings. The van der Waals surface area contributed by atoms with Crippen molar-refractivity contribution in [1.29, 1.82) is 0 Å². The molecule has 0 bridgehead atoms. The summed E-state index contributed by atoms with van der Waals surface area (Å²) in [5, 5.41) is 3.42. The van der Waals surface area contributed by atoms with E-state index >= 15 is 0 Å². The fourth-order valence-electron chi connectivity index (χ4n) is 6.50. The van der Waals surface area contributed by atoms with Crippen molar-refractivity contribution >= 4 is 32.6 Å². The quantitative estimate of drug-likeness (QED) is 0.243. The molecule has 5 heteroatoms. The van der Waals surface area contributed by atoms with Crippen LogP contribution in [-0.2, 0) is 33.4 Å². The van der Waals surface area contributed by atoms with Gasteiger partial charge in [-0.25, -0.2) is 0 Å². The van der Waals surface area contributed by atoms with Crippen LogP contribution in [-0.4, -0.2) is 22.2 Å². The van der Waals surface area contributed by atoms with E-state index in [1.54, 1.807) is 35.9 Å². The maximum atomic E-state index is 2.78. The van der Waals surface area contributed by atoms with E-state index in [-0.39, 0.29) is 43.9 Å². The van der Waals surface area contributed by atoms with Crippen molar-refractivity contribution in [3.8, 4) is 0 Å². The summed E-state index contributed by atoms with van der Waals surface area (Å²) in [6.45, 7) is 4.92. The minimum Gasteiger partial charge on any atom is -1.00 e. The first-order valence-corrected chi connectivity index (χ1v) is 21.5. The molecular weight excluding hydrogens is 639 g/mol. The van der Waals surface area contributed by atoms with E-state index in [9.17, 15) is 0 Å². The first kappa shape index (κ1) is 31.1. The molecule has 0 saturated heterocycles. The molecule has 40 heavy (non-hydrogen) atoms. The Bertz CT molecular complexity index is 1430. The summed E-state index contributed by atoms with van der Waals surface area (Å²) in [6, 6.07) is 43.6. The molecular formula is C35H36Cl2Si2Zr. The number of hydrogen-bond donors (Lipinski definition) is 0. The molecule has 0 amide bonds. The second-order valence-corrected chi connectivity index (χ2v) is 22.2. The fourth-order valence-corrected chi connectivity index (χ4v) is 20.2. The Labute approximate surface area is 264 Å². The predicted molar refractivity (Wildman–Crippen MR) is 168 cm³/mol. The van der Waals surface area contributed by atoms with Crippen molar-refractivity contribution in [2.75, 3.05) is 0 Å². The van der Waals surface area contributed by atoms with Crippen LogP contribution in [0.25, 0.3) is 10.4 Å². The number of fused-ring (bicyclic) bond motifs is 2. The molecule has 0 N–H and O–H groups in total. The van der Waals surface area contributed by atoms with Gasteiger partial charge < -0.3 is 24.8 Å². The van der Waals surface area contributed by atoms with Crippen LogP contribution in [0.15, 0.2) is 121 Å². The van der Waals surface area contributed by atoms with Crippen molar-refractivity contribution in [3.05, 3.63) is 155 Å². The summed E-state index contributed by atoms with van der Waals surface area (Å²) in [5.41, 5.74) is 9.43. The molecule has 2 aliphatic carbocycles. The van der Waals surface area contributed by atoms with Gasteiger partial charge in [0.15, 0.2) is 0 Å². The Morgan fingerprint density at radius 2 is 0.925 bits per heavy atom. The van der Waals surface area contributed by atoms with Crippen molar-refractivity contribution in [1.82, 2.24) is 0 Å². The summed E-state index contributed by atoms with van der Waals surface area (Å²) >= 11 is -2.12. The Balaban J connectivity index is 0.00000185. The number of allylic oxidation sites excluding steroid dienone is 2. The van der Waals surface area contributed by atoms with Crippen LogP contribution in [0.5, 0.6) is 0 Å². The van der Waals surface area contributed by atoms with Gasteiger partial charge in [-0.1, -0.05) is 0 Å². The van der Waals surface area contributed by atoms with Gasteiger partial charge in [0.2, 0.25) is 0 Å². The smallest absolute Gasteiger partial charge is 1.00 e. The van der Waals surface area contributed by atoms with Gasteiger partial charge in [-0.3, -0.25) is 0 Å². The van der Waals surface area contributed by atoms with E-state index in [1.807, 2.05) is 0 Å². The Hall–Kier alpha value is -1.87. The molecule has 0 radical (unpaired) electrons. The molecule has 2 unspecified atom stereocenters. The minimum absolute atomic E-state index is 0. The van der Waals surface area contributed by atoms with Gasteiger partial charge in [-0.15, -0.1) is 0 Å². The van der Waals surface area contributed by atoms with Crippen LogP contribution in [0, 0.1) is 0 Å². The maximum absolute atomic E-state index is 2.78. The van der Waals surface area contributed by atoms with Crippen LogP contribution < -0.4 is 24.8 Å². The van der Waals surface area contributed by atoms with Crippen molar-refractivity contribution < 1.29 is 46.1 Å². The zero-order chi connectivity index (χ0) is 25.9. The first-order valence-electron chi connectivity index (χ1n) is 14.0. The van der Waals surface area contributed by atoms with Crippen molar-refractivity contribution in [2.45, 2.75) is 33.2 Å². The first-order chi connectivity index (χ1) is 18.7. The van der Waals surface area contributed by atoms with E-state index in [0.717, 1.165) is 0 Å². The molecule has 4 aromatic carbocycles. The molecule has 0 nitrogen and oxygen atoms in total. The van der Waals surface area contributed by atoms with Crippen LogP contribution >= 0.6 is 0 Å². The molecule has 0 aliphatic heterocycles. The summed E-state index contributed by atoms with van der Waals surface area (Å²) in [4.78, 5) is 0. The molecule has 0 heterocycles. The largest absolute Gasteiger partial charge is 1.00 e. The number of hydrogen-bond acceptors (Lipinski definition) is 0. The molecule has 0 aromatic heterocycles. The zero-order valence-corrected chi connectivity index (χ0v) is 30.1. The molecule has 202 valence electrons. The van der Waals surface area contributed by atoms with E-state index in [2.05, 4.69) is 135 Å². The van der Waals surface area contributed by atoms with Gasteiger partial charge >= 0.3 is 242 Å². The second kappa shape index (κ2) is 14.3. The summed E-state index contributed by atoms with van der Waals surface area (Å²) in [5.74, 6) is 0.